The second kappa shape index (κ2) is 6.14. The summed E-state index contributed by atoms with van der Waals surface area (Å²) < 4.78 is 38.3. The predicted molar refractivity (Wildman–Crippen MR) is 85.8 cm³/mol. The Morgan fingerprint density at radius 3 is 2.42 bits per heavy atom. The Bertz CT molecular complexity index is 977. The van der Waals surface area contributed by atoms with Gasteiger partial charge in [0.05, 0.1) is 22.4 Å². The van der Waals surface area contributed by atoms with Crippen molar-refractivity contribution in [2.75, 3.05) is 5.32 Å². The lowest BCUT2D eigenvalue weighted by Crippen LogP contribution is -2.09. The number of rotatable bonds is 3. The van der Waals surface area contributed by atoms with Gasteiger partial charge in [0.2, 0.25) is 0 Å². The number of allylic oxidation sites excluding steroid dienone is 1. The van der Waals surface area contributed by atoms with Crippen molar-refractivity contribution < 1.29 is 32.7 Å². The smallest absolute Gasteiger partial charge is 0.416 e. The number of nitrogens with one attached hydrogen (secondary N) is 1. The van der Waals surface area contributed by atoms with Crippen LogP contribution in [0.15, 0.2) is 48.5 Å². The summed E-state index contributed by atoms with van der Waals surface area (Å²) in [6.45, 7) is 0. The number of fused-ring (bicyclic) bond motifs is 1. The van der Waals surface area contributed by atoms with Crippen molar-refractivity contribution in [3.05, 3.63) is 70.8 Å². The number of aromatic carboxylic acids is 1. The van der Waals surface area contributed by atoms with Crippen LogP contribution in [0.2, 0.25) is 0 Å². The molecule has 1 heterocycles. The number of benzene rings is 2. The first-order valence-corrected chi connectivity index (χ1v) is 7.30. The van der Waals surface area contributed by atoms with E-state index in [2.05, 4.69) is 5.32 Å². The van der Waals surface area contributed by atoms with Crippen LogP contribution in [0.4, 0.5) is 18.9 Å². The van der Waals surface area contributed by atoms with Gasteiger partial charge in [0.15, 0.2) is 5.78 Å². The number of para-hydroxylation sites is 1. The van der Waals surface area contributed by atoms with Crippen LogP contribution in [0.3, 0.4) is 0 Å². The molecule has 0 radical (unpaired) electrons. The molecule has 3 rings (SSSR count). The molecule has 1 aliphatic rings. The number of carbonyl (C=O) groups is 3. The number of hydrogen-bond acceptors (Lipinski definition) is 3. The maximum atomic E-state index is 12.8. The van der Waals surface area contributed by atoms with Gasteiger partial charge in [0.1, 0.15) is 0 Å². The summed E-state index contributed by atoms with van der Waals surface area (Å²) in [5.74, 6) is -2.75. The van der Waals surface area contributed by atoms with E-state index in [0.29, 0.717) is 6.07 Å². The Kier molecular flexibility index (Phi) is 4.11. The number of anilines is 1. The summed E-state index contributed by atoms with van der Waals surface area (Å²) in [6, 6.07) is 7.98. The molecule has 0 fully saturated rings. The molecule has 0 aliphatic carbocycles. The number of alkyl halides is 3. The Labute approximate surface area is 144 Å². The number of ketones is 1. The lowest BCUT2D eigenvalue weighted by molar-refractivity contribution is -0.137. The molecule has 0 atom stereocenters. The Morgan fingerprint density at radius 2 is 1.77 bits per heavy atom. The highest BCUT2D eigenvalue weighted by Crippen LogP contribution is 2.35. The fourth-order valence-electron chi connectivity index (χ4n) is 2.60. The molecular formula is C18H10F3NO4. The lowest BCUT2D eigenvalue weighted by Gasteiger charge is -2.07. The fourth-order valence-corrected chi connectivity index (χ4v) is 2.60. The zero-order valence-corrected chi connectivity index (χ0v) is 12.9. The monoisotopic (exact) mass is 361 g/mol. The molecule has 0 saturated carbocycles. The zero-order valence-electron chi connectivity index (χ0n) is 12.9. The molecule has 26 heavy (non-hydrogen) atoms. The van der Waals surface area contributed by atoms with Crippen molar-refractivity contribution in [2.45, 2.75) is 6.18 Å². The highest BCUT2D eigenvalue weighted by molar-refractivity contribution is 6.36. The van der Waals surface area contributed by atoms with Crippen molar-refractivity contribution in [1.82, 2.24) is 0 Å². The minimum Gasteiger partial charge on any atom is -0.478 e. The van der Waals surface area contributed by atoms with Crippen molar-refractivity contribution in [3.8, 4) is 0 Å². The van der Waals surface area contributed by atoms with Gasteiger partial charge in [0, 0.05) is 11.1 Å². The van der Waals surface area contributed by atoms with Gasteiger partial charge in [-0.3, -0.25) is 9.59 Å². The average Bonchev–Trinajstić information content (AvgIpc) is 2.89. The normalized spacial score (nSPS) is 14.9. The van der Waals surface area contributed by atoms with Gasteiger partial charge in [-0.1, -0.05) is 24.3 Å². The summed E-state index contributed by atoms with van der Waals surface area (Å²) in [7, 11) is 0. The molecule has 1 aliphatic heterocycles. The first-order chi connectivity index (χ1) is 12.2. The summed E-state index contributed by atoms with van der Waals surface area (Å²) >= 11 is 0. The van der Waals surface area contributed by atoms with Crippen LogP contribution >= 0.6 is 0 Å². The van der Waals surface area contributed by atoms with Crippen LogP contribution in [0.25, 0.3) is 5.57 Å². The molecule has 8 heteroatoms. The van der Waals surface area contributed by atoms with Crippen LogP contribution in [0, 0.1) is 0 Å². The van der Waals surface area contributed by atoms with Crippen LogP contribution in [0.1, 0.15) is 31.8 Å². The maximum absolute atomic E-state index is 12.8. The van der Waals surface area contributed by atoms with Gasteiger partial charge in [-0.15, -0.1) is 0 Å². The molecule has 0 aromatic heterocycles. The number of carboxylic acids is 1. The van der Waals surface area contributed by atoms with Crippen LogP contribution in [0.5, 0.6) is 0 Å². The van der Waals surface area contributed by atoms with E-state index in [1.54, 1.807) is 0 Å². The number of halogens is 3. The minimum atomic E-state index is -4.60. The lowest BCUT2D eigenvalue weighted by atomic mass is 10.00. The third-order valence-corrected chi connectivity index (χ3v) is 3.82. The van der Waals surface area contributed by atoms with E-state index in [9.17, 15) is 27.6 Å². The van der Waals surface area contributed by atoms with Crippen molar-refractivity contribution in [3.63, 3.8) is 0 Å². The fraction of sp³-hybridized carbons (Fsp3) is 0.0556. The first-order valence-electron chi connectivity index (χ1n) is 7.30. The van der Waals surface area contributed by atoms with E-state index in [1.807, 2.05) is 0 Å². The van der Waals surface area contributed by atoms with Crippen LogP contribution in [-0.2, 0) is 11.0 Å². The summed E-state index contributed by atoms with van der Waals surface area (Å²) in [4.78, 5) is 35.6. The standard InChI is InChI=1S/C18H10F3NO4/c19-18(20,21)10-4-1-3-9(7-10)14(23)8-13-11-5-2-6-12(17(25)26)15(11)22-16(13)24/h1-8H,(H,22,24)(H,25,26). The number of carboxylic acid groups (broad SMARTS) is 1. The second-order valence-electron chi connectivity index (χ2n) is 5.49. The Morgan fingerprint density at radius 1 is 1.08 bits per heavy atom. The largest absolute Gasteiger partial charge is 0.478 e. The average molecular weight is 361 g/mol. The number of carbonyl (C=O) groups excluding carboxylic acids is 2. The molecular weight excluding hydrogens is 351 g/mol. The molecule has 2 aromatic carbocycles. The third kappa shape index (κ3) is 3.08. The van der Waals surface area contributed by atoms with Gasteiger partial charge in [-0.05, 0) is 24.3 Å². The topological polar surface area (TPSA) is 83.5 Å². The van der Waals surface area contributed by atoms with Crippen molar-refractivity contribution >= 4 is 28.9 Å². The quantitative estimate of drug-likeness (QED) is 0.646. The van der Waals surface area contributed by atoms with Gasteiger partial charge < -0.3 is 10.4 Å². The first kappa shape index (κ1) is 17.4. The number of hydrogen-bond donors (Lipinski definition) is 2. The van der Waals surface area contributed by atoms with Gasteiger partial charge in [-0.2, -0.15) is 13.2 Å². The van der Waals surface area contributed by atoms with Crippen LogP contribution < -0.4 is 5.32 Å². The highest BCUT2D eigenvalue weighted by Gasteiger charge is 2.32. The molecule has 0 bridgehead atoms. The summed E-state index contributed by atoms with van der Waals surface area (Å²) in [5, 5.41) is 11.5. The molecule has 0 spiro atoms. The Hall–Kier alpha value is -3.42. The van der Waals surface area contributed by atoms with Gasteiger partial charge in [0.25, 0.3) is 5.91 Å². The highest BCUT2D eigenvalue weighted by atomic mass is 19.4. The molecule has 132 valence electrons. The maximum Gasteiger partial charge on any atom is 0.416 e. The summed E-state index contributed by atoms with van der Waals surface area (Å²) in [6.07, 6.45) is -3.70. The third-order valence-electron chi connectivity index (χ3n) is 3.82. The van der Waals surface area contributed by atoms with E-state index >= 15 is 0 Å². The molecule has 1 amide bonds. The zero-order chi connectivity index (χ0) is 19.1. The van der Waals surface area contributed by atoms with Crippen LogP contribution in [-0.4, -0.2) is 22.8 Å². The van der Waals surface area contributed by atoms with E-state index in [0.717, 1.165) is 18.2 Å². The van der Waals surface area contributed by atoms with Gasteiger partial charge >= 0.3 is 12.1 Å². The molecule has 5 nitrogen and oxygen atoms in total. The molecule has 2 N–H and O–H groups in total. The SMILES string of the molecule is O=C1Nc2c(C(=O)O)cccc2C1=CC(=O)c1cccc(C(F)(F)F)c1. The summed E-state index contributed by atoms with van der Waals surface area (Å²) in [5.41, 5.74) is -1.21. The predicted octanol–water partition coefficient (Wildman–Crippen LogP) is 3.62. The van der Waals surface area contributed by atoms with E-state index in [-0.39, 0.29) is 28.0 Å². The molecule has 2 aromatic rings. The van der Waals surface area contributed by atoms with Gasteiger partial charge in [-0.25, -0.2) is 4.79 Å². The van der Waals surface area contributed by atoms with Crippen molar-refractivity contribution in [2.24, 2.45) is 0 Å². The van der Waals surface area contributed by atoms with Crippen molar-refractivity contribution in [1.29, 1.82) is 0 Å². The molecule has 0 unspecified atom stereocenters. The van der Waals surface area contributed by atoms with E-state index in [1.165, 1.54) is 24.3 Å². The second-order valence-corrected chi connectivity index (χ2v) is 5.49. The van der Waals surface area contributed by atoms with E-state index < -0.39 is 29.4 Å². The molecule has 0 saturated heterocycles. The Balaban J connectivity index is 2.02. The minimum absolute atomic E-state index is 0.0492. The number of amides is 1. The van der Waals surface area contributed by atoms with E-state index in [4.69, 9.17) is 5.11 Å².